The second-order valence-corrected chi connectivity index (χ2v) is 4.28. The minimum Gasteiger partial charge on any atom is -0.489 e. The fourth-order valence-corrected chi connectivity index (χ4v) is 1.66. The lowest BCUT2D eigenvalue weighted by atomic mass is 10.3. The summed E-state index contributed by atoms with van der Waals surface area (Å²) in [4.78, 5) is 0. The summed E-state index contributed by atoms with van der Waals surface area (Å²) in [5.74, 6) is 2.65. The monoisotopic (exact) mass is 285 g/mol. The molecule has 0 aliphatic heterocycles. The van der Waals surface area contributed by atoms with E-state index in [1.165, 1.54) is 12.1 Å². The molecule has 1 unspecified atom stereocenters. The lowest BCUT2D eigenvalue weighted by Crippen LogP contribution is -2.29. The molecule has 1 rings (SSSR count). The topological polar surface area (TPSA) is 21.3 Å². The molecule has 0 radical (unpaired) electrons. The third-order valence-electron chi connectivity index (χ3n) is 1.83. The molecule has 86 valence electrons. The molecule has 0 aliphatic carbocycles. The summed E-state index contributed by atoms with van der Waals surface area (Å²) in [6.45, 7) is 3.02. The van der Waals surface area contributed by atoms with E-state index in [1.54, 1.807) is 6.07 Å². The van der Waals surface area contributed by atoms with Gasteiger partial charge in [-0.05, 0) is 19.1 Å². The second kappa shape index (κ2) is 6.51. The lowest BCUT2D eigenvalue weighted by molar-refractivity contribution is 0.218. The highest BCUT2D eigenvalue weighted by Crippen LogP contribution is 2.21. The van der Waals surface area contributed by atoms with Gasteiger partial charge in [0, 0.05) is 17.1 Å². The van der Waals surface area contributed by atoms with Gasteiger partial charge in [0.05, 0.1) is 6.54 Å². The molecule has 2 nitrogen and oxygen atoms in total. The van der Waals surface area contributed by atoms with Crippen LogP contribution < -0.4 is 10.1 Å². The van der Waals surface area contributed by atoms with Crippen LogP contribution in [0.25, 0.3) is 0 Å². The van der Waals surface area contributed by atoms with E-state index in [1.807, 2.05) is 6.92 Å². The molecule has 0 bridgehead atoms. The maximum atomic E-state index is 13.0. The van der Waals surface area contributed by atoms with Crippen LogP contribution in [0.1, 0.15) is 6.92 Å². The maximum absolute atomic E-state index is 13.0. The van der Waals surface area contributed by atoms with E-state index in [2.05, 4.69) is 27.2 Å². The Labute approximate surface area is 103 Å². The SMILES string of the molecule is C#CCNCC(C)Oc1cc(F)cc(Br)c1. The zero-order valence-corrected chi connectivity index (χ0v) is 10.6. The molecule has 0 heterocycles. The normalized spacial score (nSPS) is 11.9. The summed E-state index contributed by atoms with van der Waals surface area (Å²) in [5, 5.41) is 3.02. The zero-order chi connectivity index (χ0) is 12.0. The summed E-state index contributed by atoms with van der Waals surface area (Å²) in [6.07, 6.45) is 5.03. The number of nitrogens with one attached hydrogen (secondary N) is 1. The quantitative estimate of drug-likeness (QED) is 0.663. The Hall–Kier alpha value is -1.05. The van der Waals surface area contributed by atoms with Crippen molar-refractivity contribution < 1.29 is 9.13 Å². The molecule has 0 amide bonds. The standard InChI is InChI=1S/C12H13BrFNO/c1-3-4-15-8-9(2)16-12-6-10(13)5-11(14)7-12/h1,5-7,9,15H,4,8H2,2H3. The molecule has 1 aromatic carbocycles. The number of rotatable bonds is 5. The zero-order valence-electron chi connectivity index (χ0n) is 8.97. The van der Waals surface area contributed by atoms with Gasteiger partial charge < -0.3 is 10.1 Å². The van der Waals surface area contributed by atoms with Gasteiger partial charge in [-0.3, -0.25) is 0 Å². The molecule has 0 aromatic heterocycles. The number of hydrogen-bond acceptors (Lipinski definition) is 2. The summed E-state index contributed by atoms with van der Waals surface area (Å²) >= 11 is 3.20. The van der Waals surface area contributed by atoms with Crippen molar-refractivity contribution in [2.24, 2.45) is 0 Å². The van der Waals surface area contributed by atoms with Gasteiger partial charge in [0.25, 0.3) is 0 Å². The summed E-state index contributed by atoms with van der Waals surface area (Å²) in [5.41, 5.74) is 0. The van der Waals surface area contributed by atoms with Gasteiger partial charge in [0.2, 0.25) is 0 Å². The molecule has 4 heteroatoms. The van der Waals surface area contributed by atoms with Crippen LogP contribution in [0.2, 0.25) is 0 Å². The van der Waals surface area contributed by atoms with E-state index in [-0.39, 0.29) is 11.9 Å². The van der Waals surface area contributed by atoms with E-state index in [4.69, 9.17) is 11.2 Å². The van der Waals surface area contributed by atoms with Gasteiger partial charge in [0.1, 0.15) is 17.7 Å². The van der Waals surface area contributed by atoms with Crippen LogP contribution in [0.15, 0.2) is 22.7 Å². The third-order valence-corrected chi connectivity index (χ3v) is 2.29. The van der Waals surface area contributed by atoms with Crippen molar-refractivity contribution in [3.05, 3.63) is 28.5 Å². The number of halogens is 2. The number of ether oxygens (including phenoxy) is 1. The maximum Gasteiger partial charge on any atom is 0.128 e. The second-order valence-electron chi connectivity index (χ2n) is 3.37. The van der Waals surface area contributed by atoms with Crippen molar-refractivity contribution in [3.63, 3.8) is 0 Å². The Morgan fingerprint density at radius 3 is 2.94 bits per heavy atom. The molecule has 0 aliphatic rings. The molecule has 1 aromatic rings. The number of benzene rings is 1. The molecule has 0 spiro atoms. The first-order valence-electron chi connectivity index (χ1n) is 4.88. The van der Waals surface area contributed by atoms with E-state index in [9.17, 15) is 4.39 Å². The molecule has 1 atom stereocenters. The Kier molecular flexibility index (Phi) is 5.30. The Bertz CT molecular complexity index is 369. The van der Waals surface area contributed by atoms with Crippen LogP contribution in [0.3, 0.4) is 0 Å². The highest BCUT2D eigenvalue weighted by molar-refractivity contribution is 9.10. The minimum atomic E-state index is -0.326. The molecular weight excluding hydrogens is 273 g/mol. The first-order chi connectivity index (χ1) is 7.61. The average molecular weight is 286 g/mol. The van der Waals surface area contributed by atoms with Crippen molar-refractivity contribution in [2.45, 2.75) is 13.0 Å². The van der Waals surface area contributed by atoms with Crippen molar-refractivity contribution >= 4 is 15.9 Å². The van der Waals surface area contributed by atoms with Crippen LogP contribution in [-0.2, 0) is 0 Å². The fraction of sp³-hybridized carbons (Fsp3) is 0.333. The average Bonchev–Trinajstić information content (AvgIpc) is 2.16. The Balaban J connectivity index is 2.49. The highest BCUT2D eigenvalue weighted by atomic mass is 79.9. The molecule has 0 saturated carbocycles. The summed E-state index contributed by atoms with van der Waals surface area (Å²) in [6, 6.07) is 4.46. The van der Waals surface area contributed by atoms with Crippen molar-refractivity contribution in [1.29, 1.82) is 0 Å². The van der Waals surface area contributed by atoms with Crippen LogP contribution in [-0.4, -0.2) is 19.2 Å². The van der Waals surface area contributed by atoms with Crippen LogP contribution >= 0.6 is 15.9 Å². The first-order valence-corrected chi connectivity index (χ1v) is 5.68. The van der Waals surface area contributed by atoms with E-state index in [0.29, 0.717) is 23.3 Å². The van der Waals surface area contributed by atoms with Gasteiger partial charge in [-0.15, -0.1) is 6.42 Å². The smallest absolute Gasteiger partial charge is 0.128 e. The van der Waals surface area contributed by atoms with E-state index < -0.39 is 0 Å². The van der Waals surface area contributed by atoms with Gasteiger partial charge >= 0.3 is 0 Å². The minimum absolute atomic E-state index is 0.0675. The number of hydrogen-bond donors (Lipinski definition) is 1. The fourth-order valence-electron chi connectivity index (χ4n) is 1.22. The molecule has 0 saturated heterocycles. The molecule has 16 heavy (non-hydrogen) atoms. The lowest BCUT2D eigenvalue weighted by Gasteiger charge is -2.15. The van der Waals surface area contributed by atoms with Crippen LogP contribution in [0.4, 0.5) is 4.39 Å². The molecule has 1 N–H and O–H groups in total. The number of terminal acetylenes is 1. The Morgan fingerprint density at radius 2 is 2.31 bits per heavy atom. The van der Waals surface area contributed by atoms with E-state index >= 15 is 0 Å². The third kappa shape index (κ3) is 4.65. The van der Waals surface area contributed by atoms with Crippen LogP contribution in [0, 0.1) is 18.2 Å². The van der Waals surface area contributed by atoms with Gasteiger partial charge in [-0.25, -0.2) is 4.39 Å². The van der Waals surface area contributed by atoms with Gasteiger partial charge in [0.15, 0.2) is 0 Å². The van der Waals surface area contributed by atoms with Crippen molar-refractivity contribution in [1.82, 2.24) is 5.32 Å². The van der Waals surface area contributed by atoms with Gasteiger partial charge in [-0.1, -0.05) is 21.9 Å². The first kappa shape index (κ1) is 13.0. The highest BCUT2D eigenvalue weighted by Gasteiger charge is 2.05. The molecular formula is C12H13BrFNO. The predicted octanol–water partition coefficient (Wildman–Crippen LogP) is 2.58. The summed E-state index contributed by atoms with van der Waals surface area (Å²) < 4.78 is 19.2. The Morgan fingerprint density at radius 1 is 1.56 bits per heavy atom. The van der Waals surface area contributed by atoms with E-state index in [0.717, 1.165) is 0 Å². The van der Waals surface area contributed by atoms with Crippen molar-refractivity contribution in [3.8, 4) is 18.1 Å². The predicted molar refractivity (Wildman–Crippen MR) is 65.9 cm³/mol. The van der Waals surface area contributed by atoms with Crippen molar-refractivity contribution in [2.75, 3.05) is 13.1 Å². The molecule has 0 fully saturated rings. The van der Waals surface area contributed by atoms with Crippen LogP contribution in [0.5, 0.6) is 5.75 Å². The largest absolute Gasteiger partial charge is 0.489 e. The van der Waals surface area contributed by atoms with Gasteiger partial charge in [-0.2, -0.15) is 0 Å². The summed E-state index contributed by atoms with van der Waals surface area (Å²) in [7, 11) is 0.